The number of rotatable bonds is 6. The average Bonchev–Trinajstić information content (AvgIpc) is 2.52. The van der Waals surface area contributed by atoms with Crippen molar-refractivity contribution in [3.8, 4) is 22.6 Å². The molecule has 1 N–H and O–H groups in total. The van der Waals surface area contributed by atoms with Gasteiger partial charge in [0.25, 0.3) is 0 Å². The van der Waals surface area contributed by atoms with Gasteiger partial charge in [-0.2, -0.15) is 0 Å². The van der Waals surface area contributed by atoms with E-state index in [1.54, 1.807) is 20.3 Å². The number of nitrogens with one attached hydrogen (secondary N) is 1. The molecule has 2 rings (SSSR count). The SMILES string of the molecule is CCNCc1ccc(-c2c(OC)cccc2OC)cc1F. The normalized spacial score (nSPS) is 10.5. The molecule has 0 unspecified atom stereocenters. The van der Waals surface area contributed by atoms with Gasteiger partial charge in [-0.3, -0.25) is 0 Å². The van der Waals surface area contributed by atoms with Crippen molar-refractivity contribution in [1.29, 1.82) is 0 Å². The van der Waals surface area contributed by atoms with Gasteiger partial charge in [-0.05, 0) is 30.3 Å². The molecule has 0 saturated heterocycles. The molecule has 0 aliphatic heterocycles. The summed E-state index contributed by atoms with van der Waals surface area (Å²) in [5.41, 5.74) is 2.15. The van der Waals surface area contributed by atoms with E-state index in [2.05, 4.69) is 5.32 Å². The topological polar surface area (TPSA) is 30.5 Å². The zero-order valence-electron chi connectivity index (χ0n) is 12.6. The minimum atomic E-state index is -0.235. The molecule has 0 amide bonds. The van der Waals surface area contributed by atoms with Crippen molar-refractivity contribution in [3.63, 3.8) is 0 Å². The first kappa shape index (κ1) is 15.3. The van der Waals surface area contributed by atoms with E-state index in [0.717, 1.165) is 17.7 Å². The van der Waals surface area contributed by atoms with Gasteiger partial charge in [0, 0.05) is 12.1 Å². The fourth-order valence-corrected chi connectivity index (χ4v) is 2.24. The van der Waals surface area contributed by atoms with Gasteiger partial charge in [-0.1, -0.05) is 25.1 Å². The molecule has 0 aliphatic rings. The van der Waals surface area contributed by atoms with Crippen molar-refractivity contribution in [2.75, 3.05) is 20.8 Å². The lowest BCUT2D eigenvalue weighted by molar-refractivity contribution is 0.397. The summed E-state index contributed by atoms with van der Waals surface area (Å²) < 4.78 is 24.9. The van der Waals surface area contributed by atoms with Crippen LogP contribution in [0.3, 0.4) is 0 Å². The number of halogens is 1. The van der Waals surface area contributed by atoms with E-state index in [0.29, 0.717) is 23.6 Å². The molecule has 0 aliphatic carbocycles. The third-order valence-corrected chi connectivity index (χ3v) is 3.34. The Balaban J connectivity index is 2.45. The molecule has 0 aromatic heterocycles. The van der Waals surface area contributed by atoms with Crippen LogP contribution in [0.2, 0.25) is 0 Å². The standard InChI is InChI=1S/C17H20FNO2/c1-4-19-11-13-9-8-12(10-14(13)18)17-15(20-2)6-5-7-16(17)21-3/h5-10,19H,4,11H2,1-3H3. The monoisotopic (exact) mass is 289 g/mol. The minimum absolute atomic E-state index is 0.235. The molecule has 0 radical (unpaired) electrons. The molecule has 0 atom stereocenters. The predicted octanol–water partition coefficient (Wildman–Crippen LogP) is 3.62. The first-order chi connectivity index (χ1) is 10.2. The van der Waals surface area contributed by atoms with Crippen LogP contribution in [0, 0.1) is 5.82 Å². The van der Waals surface area contributed by atoms with Gasteiger partial charge in [0.1, 0.15) is 17.3 Å². The molecule has 3 nitrogen and oxygen atoms in total. The Hall–Kier alpha value is -2.07. The van der Waals surface area contributed by atoms with Gasteiger partial charge in [0.15, 0.2) is 0 Å². The quantitative estimate of drug-likeness (QED) is 0.881. The van der Waals surface area contributed by atoms with Gasteiger partial charge >= 0.3 is 0 Å². The number of hydrogen-bond acceptors (Lipinski definition) is 3. The molecule has 2 aromatic rings. The van der Waals surface area contributed by atoms with Crippen LogP contribution in [-0.2, 0) is 6.54 Å². The molecule has 0 heterocycles. The Kier molecular flexibility index (Phi) is 5.17. The number of methoxy groups -OCH3 is 2. The first-order valence-electron chi connectivity index (χ1n) is 6.91. The highest BCUT2D eigenvalue weighted by atomic mass is 19.1. The Morgan fingerprint density at radius 1 is 1.05 bits per heavy atom. The van der Waals surface area contributed by atoms with Gasteiger partial charge in [0.05, 0.1) is 19.8 Å². The second-order valence-corrected chi connectivity index (χ2v) is 4.62. The summed E-state index contributed by atoms with van der Waals surface area (Å²) in [6.07, 6.45) is 0. The van der Waals surface area contributed by atoms with E-state index in [-0.39, 0.29) is 5.82 Å². The lowest BCUT2D eigenvalue weighted by Gasteiger charge is -2.14. The molecule has 21 heavy (non-hydrogen) atoms. The summed E-state index contributed by atoms with van der Waals surface area (Å²) in [6, 6.07) is 10.7. The fourth-order valence-electron chi connectivity index (χ4n) is 2.24. The van der Waals surface area contributed by atoms with Crippen LogP contribution in [0.4, 0.5) is 4.39 Å². The molecule has 2 aromatic carbocycles. The fraction of sp³-hybridized carbons (Fsp3) is 0.294. The van der Waals surface area contributed by atoms with Crippen LogP contribution < -0.4 is 14.8 Å². The third kappa shape index (κ3) is 3.34. The molecule has 112 valence electrons. The Labute approximate surface area is 124 Å². The number of hydrogen-bond donors (Lipinski definition) is 1. The van der Waals surface area contributed by atoms with Crippen LogP contribution in [0.5, 0.6) is 11.5 Å². The highest BCUT2D eigenvalue weighted by Crippen LogP contribution is 2.38. The second-order valence-electron chi connectivity index (χ2n) is 4.62. The van der Waals surface area contributed by atoms with Crippen molar-refractivity contribution >= 4 is 0 Å². The van der Waals surface area contributed by atoms with E-state index in [1.807, 2.05) is 31.2 Å². The summed E-state index contributed by atoms with van der Waals surface area (Å²) >= 11 is 0. The maximum Gasteiger partial charge on any atom is 0.130 e. The van der Waals surface area contributed by atoms with Gasteiger partial charge in [-0.15, -0.1) is 0 Å². The van der Waals surface area contributed by atoms with Gasteiger partial charge in [0.2, 0.25) is 0 Å². The van der Waals surface area contributed by atoms with Crippen molar-refractivity contribution < 1.29 is 13.9 Å². The Morgan fingerprint density at radius 2 is 1.71 bits per heavy atom. The van der Waals surface area contributed by atoms with Crippen LogP contribution in [0.15, 0.2) is 36.4 Å². The van der Waals surface area contributed by atoms with Crippen molar-refractivity contribution in [1.82, 2.24) is 5.32 Å². The number of benzene rings is 2. The summed E-state index contributed by atoms with van der Waals surface area (Å²) in [4.78, 5) is 0. The zero-order chi connectivity index (χ0) is 15.2. The Bertz CT molecular complexity index is 591. The number of ether oxygens (including phenoxy) is 2. The molecule has 4 heteroatoms. The Morgan fingerprint density at radius 3 is 2.24 bits per heavy atom. The summed E-state index contributed by atoms with van der Waals surface area (Å²) in [5, 5.41) is 3.12. The summed E-state index contributed by atoms with van der Waals surface area (Å²) in [5.74, 6) is 1.09. The van der Waals surface area contributed by atoms with Crippen LogP contribution in [0.25, 0.3) is 11.1 Å². The molecule has 0 fully saturated rings. The molecular formula is C17H20FNO2. The lowest BCUT2D eigenvalue weighted by atomic mass is 10.0. The zero-order valence-corrected chi connectivity index (χ0v) is 12.6. The largest absolute Gasteiger partial charge is 0.496 e. The highest BCUT2D eigenvalue weighted by molar-refractivity contribution is 5.77. The van der Waals surface area contributed by atoms with Crippen LogP contribution in [0.1, 0.15) is 12.5 Å². The van der Waals surface area contributed by atoms with Crippen molar-refractivity contribution in [2.24, 2.45) is 0 Å². The molecule has 0 spiro atoms. The molecule has 0 saturated carbocycles. The lowest BCUT2D eigenvalue weighted by Crippen LogP contribution is -2.12. The smallest absolute Gasteiger partial charge is 0.130 e. The third-order valence-electron chi connectivity index (χ3n) is 3.34. The van der Waals surface area contributed by atoms with E-state index >= 15 is 0 Å². The molecule has 0 bridgehead atoms. The van der Waals surface area contributed by atoms with Crippen LogP contribution in [-0.4, -0.2) is 20.8 Å². The van der Waals surface area contributed by atoms with Crippen LogP contribution >= 0.6 is 0 Å². The highest BCUT2D eigenvalue weighted by Gasteiger charge is 2.14. The summed E-state index contributed by atoms with van der Waals surface area (Å²) in [6.45, 7) is 3.32. The van der Waals surface area contributed by atoms with E-state index in [9.17, 15) is 4.39 Å². The predicted molar refractivity (Wildman–Crippen MR) is 82.3 cm³/mol. The van der Waals surface area contributed by atoms with E-state index < -0.39 is 0 Å². The van der Waals surface area contributed by atoms with Gasteiger partial charge in [-0.25, -0.2) is 4.39 Å². The minimum Gasteiger partial charge on any atom is -0.496 e. The van der Waals surface area contributed by atoms with E-state index in [4.69, 9.17) is 9.47 Å². The van der Waals surface area contributed by atoms with Crippen molar-refractivity contribution in [3.05, 3.63) is 47.8 Å². The van der Waals surface area contributed by atoms with Gasteiger partial charge < -0.3 is 14.8 Å². The maximum absolute atomic E-state index is 14.2. The van der Waals surface area contributed by atoms with Crippen molar-refractivity contribution in [2.45, 2.75) is 13.5 Å². The molecular weight excluding hydrogens is 269 g/mol. The van der Waals surface area contributed by atoms with E-state index in [1.165, 1.54) is 6.07 Å². The second kappa shape index (κ2) is 7.09. The maximum atomic E-state index is 14.2. The summed E-state index contributed by atoms with van der Waals surface area (Å²) in [7, 11) is 3.18. The average molecular weight is 289 g/mol. The first-order valence-corrected chi connectivity index (χ1v) is 6.91.